The van der Waals surface area contributed by atoms with Crippen LogP contribution in [0.4, 0.5) is 5.69 Å². The van der Waals surface area contributed by atoms with E-state index < -0.39 is 12.3 Å². The number of nitrogens with zero attached hydrogens (tertiary/aromatic N) is 2. The van der Waals surface area contributed by atoms with Gasteiger partial charge in [0.25, 0.3) is 5.91 Å². The Hall–Kier alpha value is -3.32. The Bertz CT molecular complexity index is 1100. The molecule has 0 radical (unpaired) electrons. The number of carbonyl (C=O) groups excluding carboxylic acids is 1. The monoisotopic (exact) mass is 435 g/mol. The quantitative estimate of drug-likeness (QED) is 0.584. The molecule has 2 aromatic carbocycles. The molecule has 2 N–H and O–H groups in total. The molecular weight excluding hydrogens is 406 g/mol. The Morgan fingerprint density at radius 1 is 1.19 bits per heavy atom. The smallest absolute Gasteiger partial charge is 0.256 e. The number of rotatable bonds is 6. The van der Waals surface area contributed by atoms with Gasteiger partial charge in [0, 0.05) is 17.8 Å². The summed E-state index contributed by atoms with van der Waals surface area (Å²) in [4.78, 5) is 15.3. The van der Waals surface area contributed by atoms with E-state index >= 15 is 0 Å². The Morgan fingerprint density at radius 3 is 2.66 bits per heavy atom. The van der Waals surface area contributed by atoms with E-state index in [1.807, 2.05) is 50.2 Å². The molecule has 1 amide bonds. The van der Waals surface area contributed by atoms with Crippen LogP contribution in [-0.2, 0) is 0 Å². The number of benzene rings is 2. The number of para-hydroxylation sites is 1. The summed E-state index contributed by atoms with van der Waals surface area (Å²) in [6, 6.07) is 12.5. The molecule has 1 aliphatic rings. The summed E-state index contributed by atoms with van der Waals surface area (Å²) in [7, 11) is 1.61. The predicted octanol–water partition coefficient (Wildman–Crippen LogP) is 4.69. The molecule has 3 aromatic rings. The summed E-state index contributed by atoms with van der Waals surface area (Å²) in [6.45, 7) is 6.38. The minimum Gasteiger partial charge on any atom is -0.496 e. The third-order valence-electron chi connectivity index (χ3n) is 5.98. The molecule has 1 aromatic heterocycles. The Kier molecular flexibility index (Phi) is 6.19. The van der Waals surface area contributed by atoms with Crippen LogP contribution in [0.2, 0.25) is 0 Å². The molecule has 168 valence electrons. The predicted molar refractivity (Wildman–Crippen MR) is 123 cm³/mol. The standard InChI is InChI=1S/C25H29N3O4/c1-5-6-13-28-23(24(29)26-20-10-8-7-9-18(20)25(28)30)17-11-12-19(21(14-17)31-4)22-15(2)27-32-16(22)3/h7-12,14,23-24,26,29H,5-6,13H2,1-4H3. The third-order valence-corrected chi connectivity index (χ3v) is 5.98. The van der Waals surface area contributed by atoms with Gasteiger partial charge in [0.15, 0.2) is 0 Å². The second kappa shape index (κ2) is 9.04. The highest BCUT2D eigenvalue weighted by Gasteiger charge is 2.36. The Morgan fingerprint density at radius 2 is 1.97 bits per heavy atom. The van der Waals surface area contributed by atoms with Crippen molar-refractivity contribution in [2.75, 3.05) is 19.0 Å². The first-order chi connectivity index (χ1) is 15.5. The van der Waals surface area contributed by atoms with E-state index in [0.717, 1.165) is 35.2 Å². The maximum atomic E-state index is 13.5. The lowest BCUT2D eigenvalue weighted by molar-refractivity contribution is 0.0450. The van der Waals surface area contributed by atoms with Crippen LogP contribution in [0.3, 0.4) is 0 Å². The lowest BCUT2D eigenvalue weighted by Gasteiger charge is -2.33. The highest BCUT2D eigenvalue weighted by atomic mass is 16.5. The fourth-order valence-electron chi connectivity index (χ4n) is 4.38. The maximum absolute atomic E-state index is 13.5. The fourth-order valence-corrected chi connectivity index (χ4v) is 4.38. The van der Waals surface area contributed by atoms with Gasteiger partial charge in [-0.1, -0.05) is 42.8 Å². The zero-order chi connectivity index (χ0) is 22.8. The second-order valence-corrected chi connectivity index (χ2v) is 8.09. The molecule has 7 nitrogen and oxygen atoms in total. The number of hydrogen-bond donors (Lipinski definition) is 2. The zero-order valence-electron chi connectivity index (χ0n) is 18.9. The van der Waals surface area contributed by atoms with E-state index in [0.29, 0.717) is 29.3 Å². The van der Waals surface area contributed by atoms with Crippen molar-refractivity contribution >= 4 is 11.6 Å². The Labute approximate surface area is 188 Å². The summed E-state index contributed by atoms with van der Waals surface area (Å²) >= 11 is 0. The van der Waals surface area contributed by atoms with Crippen molar-refractivity contribution in [2.45, 2.75) is 45.9 Å². The number of amides is 1. The molecule has 32 heavy (non-hydrogen) atoms. The van der Waals surface area contributed by atoms with Gasteiger partial charge in [-0.05, 0) is 44.0 Å². The van der Waals surface area contributed by atoms with Crippen molar-refractivity contribution in [1.29, 1.82) is 0 Å². The van der Waals surface area contributed by atoms with Gasteiger partial charge in [-0.25, -0.2) is 0 Å². The molecular formula is C25H29N3O4. The molecule has 0 aliphatic carbocycles. The minimum atomic E-state index is -0.978. The van der Waals surface area contributed by atoms with Crippen molar-refractivity contribution < 1.29 is 19.2 Å². The van der Waals surface area contributed by atoms with Crippen LogP contribution in [0.15, 0.2) is 47.0 Å². The maximum Gasteiger partial charge on any atom is 0.256 e. The van der Waals surface area contributed by atoms with E-state index in [2.05, 4.69) is 17.4 Å². The molecule has 0 fully saturated rings. The molecule has 2 heterocycles. The van der Waals surface area contributed by atoms with Crippen molar-refractivity contribution in [3.05, 3.63) is 65.0 Å². The number of anilines is 1. The summed E-state index contributed by atoms with van der Waals surface area (Å²) in [5, 5.41) is 18.4. The highest BCUT2D eigenvalue weighted by molar-refractivity contribution is 6.00. The van der Waals surface area contributed by atoms with Crippen molar-refractivity contribution in [2.24, 2.45) is 0 Å². The van der Waals surface area contributed by atoms with Gasteiger partial charge in [0.1, 0.15) is 23.8 Å². The molecule has 0 saturated carbocycles. The lowest BCUT2D eigenvalue weighted by Crippen LogP contribution is -2.41. The van der Waals surface area contributed by atoms with Gasteiger partial charge in [-0.2, -0.15) is 0 Å². The molecule has 0 spiro atoms. The highest BCUT2D eigenvalue weighted by Crippen LogP contribution is 2.39. The van der Waals surface area contributed by atoms with E-state index in [4.69, 9.17) is 9.26 Å². The van der Waals surface area contributed by atoms with Crippen molar-refractivity contribution in [3.63, 3.8) is 0 Å². The number of ether oxygens (including phenoxy) is 1. The van der Waals surface area contributed by atoms with Crippen molar-refractivity contribution in [1.82, 2.24) is 10.1 Å². The number of hydrogen-bond acceptors (Lipinski definition) is 6. The number of aliphatic hydroxyl groups is 1. The van der Waals surface area contributed by atoms with Crippen LogP contribution in [0.25, 0.3) is 11.1 Å². The van der Waals surface area contributed by atoms with Crippen LogP contribution >= 0.6 is 0 Å². The van der Waals surface area contributed by atoms with Crippen LogP contribution in [0, 0.1) is 13.8 Å². The first kappa shape index (κ1) is 21.9. The first-order valence-electron chi connectivity index (χ1n) is 10.9. The van der Waals surface area contributed by atoms with Crippen LogP contribution in [0.1, 0.15) is 53.2 Å². The van der Waals surface area contributed by atoms with E-state index in [9.17, 15) is 9.90 Å². The molecule has 2 unspecified atom stereocenters. The molecule has 0 bridgehead atoms. The zero-order valence-corrected chi connectivity index (χ0v) is 18.9. The van der Waals surface area contributed by atoms with Crippen LogP contribution in [-0.4, -0.2) is 41.0 Å². The van der Waals surface area contributed by atoms with Crippen molar-refractivity contribution in [3.8, 4) is 16.9 Å². The Balaban J connectivity index is 1.80. The van der Waals surface area contributed by atoms with Crippen LogP contribution in [0.5, 0.6) is 5.75 Å². The lowest BCUT2D eigenvalue weighted by atomic mass is 9.96. The van der Waals surface area contributed by atoms with Gasteiger partial charge >= 0.3 is 0 Å². The number of nitrogens with one attached hydrogen (secondary N) is 1. The average Bonchev–Trinajstić information content (AvgIpc) is 3.08. The summed E-state index contributed by atoms with van der Waals surface area (Å²) in [5.74, 6) is 1.24. The topological polar surface area (TPSA) is 87.8 Å². The number of carbonyl (C=O) groups is 1. The van der Waals surface area contributed by atoms with Gasteiger partial charge < -0.3 is 24.6 Å². The van der Waals surface area contributed by atoms with Crippen LogP contribution < -0.4 is 10.1 Å². The van der Waals surface area contributed by atoms with Gasteiger partial charge in [0.2, 0.25) is 0 Å². The van der Waals surface area contributed by atoms with Gasteiger partial charge in [-0.3, -0.25) is 4.79 Å². The number of fused-ring (bicyclic) bond motifs is 1. The molecule has 7 heteroatoms. The summed E-state index contributed by atoms with van der Waals surface area (Å²) < 4.78 is 11.0. The van der Waals surface area contributed by atoms with E-state index in [1.54, 1.807) is 18.1 Å². The molecule has 0 saturated heterocycles. The summed E-state index contributed by atoms with van der Waals surface area (Å²) in [5.41, 5.74) is 4.50. The van der Waals surface area contributed by atoms with Gasteiger partial charge in [0.05, 0.1) is 23.9 Å². The number of unbranched alkanes of at least 4 members (excludes halogenated alkanes) is 1. The fraction of sp³-hybridized carbons (Fsp3) is 0.360. The molecule has 1 aliphatic heterocycles. The van der Waals surface area contributed by atoms with Gasteiger partial charge in [-0.15, -0.1) is 0 Å². The van der Waals surface area contributed by atoms with E-state index in [-0.39, 0.29) is 5.91 Å². The second-order valence-electron chi connectivity index (χ2n) is 8.09. The SMILES string of the molecule is CCCCN1C(=O)c2ccccc2NC(O)C1c1ccc(-c2c(C)noc2C)c(OC)c1. The number of aromatic nitrogens is 1. The largest absolute Gasteiger partial charge is 0.496 e. The molecule has 4 rings (SSSR count). The third kappa shape index (κ3) is 3.84. The number of methoxy groups -OCH3 is 1. The minimum absolute atomic E-state index is 0.100. The number of aryl methyl sites for hydroxylation is 2. The normalized spacial score (nSPS) is 18.2. The molecule has 2 atom stereocenters. The summed E-state index contributed by atoms with van der Waals surface area (Å²) in [6.07, 6.45) is 0.801. The average molecular weight is 436 g/mol. The van der Waals surface area contributed by atoms with E-state index in [1.165, 1.54) is 0 Å². The number of aliphatic hydroxyl groups excluding tert-OH is 1. The first-order valence-corrected chi connectivity index (χ1v) is 10.9.